The second kappa shape index (κ2) is 4.25. The number of hydrogen-bond acceptors (Lipinski definition) is 3. The van der Waals surface area contributed by atoms with Gasteiger partial charge in [-0.25, -0.2) is 9.63 Å². The molecule has 0 aliphatic heterocycles. The molecule has 0 amide bonds. The van der Waals surface area contributed by atoms with Crippen LogP contribution < -0.4 is 5.90 Å². The Morgan fingerprint density at radius 2 is 2.33 bits per heavy atom. The van der Waals surface area contributed by atoms with E-state index in [1.165, 1.54) is 0 Å². The van der Waals surface area contributed by atoms with Gasteiger partial charge >= 0.3 is 5.97 Å². The second-order valence-electron chi connectivity index (χ2n) is 1.44. The lowest BCUT2D eigenvalue weighted by atomic mass is 10.3. The van der Waals surface area contributed by atoms with Gasteiger partial charge in [0.25, 0.3) is 0 Å². The lowest BCUT2D eigenvalue weighted by molar-refractivity contribution is -0.152. The van der Waals surface area contributed by atoms with Gasteiger partial charge in [0.05, 0.1) is 0 Å². The van der Waals surface area contributed by atoms with Crippen LogP contribution in [0.1, 0.15) is 6.42 Å². The summed E-state index contributed by atoms with van der Waals surface area (Å²) in [5.74, 6) is 6.55. The van der Waals surface area contributed by atoms with E-state index < -0.39 is 12.1 Å². The van der Waals surface area contributed by atoms with Crippen LogP contribution in [0, 0.1) is 0 Å². The Kier molecular flexibility index (Phi) is 3.94. The van der Waals surface area contributed by atoms with Crippen molar-refractivity contribution in [2.75, 3.05) is 6.61 Å². The quantitative estimate of drug-likeness (QED) is 0.472. The number of aliphatic hydroxyl groups is 1. The molecule has 0 spiro atoms. The van der Waals surface area contributed by atoms with Crippen LogP contribution in [-0.2, 0) is 9.63 Å². The first kappa shape index (κ1) is 8.35. The van der Waals surface area contributed by atoms with Crippen molar-refractivity contribution in [3.05, 3.63) is 0 Å². The van der Waals surface area contributed by atoms with Crippen molar-refractivity contribution in [1.29, 1.82) is 0 Å². The van der Waals surface area contributed by atoms with Gasteiger partial charge in [0.2, 0.25) is 0 Å². The van der Waals surface area contributed by atoms with E-state index in [-0.39, 0.29) is 13.0 Å². The van der Waals surface area contributed by atoms with Gasteiger partial charge in [-0.1, -0.05) is 0 Å². The summed E-state index contributed by atoms with van der Waals surface area (Å²) in [5, 5.41) is 16.3. The molecule has 0 fully saturated rings. The van der Waals surface area contributed by atoms with Crippen LogP contribution in [0.2, 0.25) is 0 Å². The topological polar surface area (TPSA) is 89.1 Å². The van der Waals surface area contributed by atoms with Crippen LogP contribution in [0.25, 0.3) is 0 Å². The van der Waals surface area contributed by atoms with Gasteiger partial charge in [0.15, 0.2) is 6.10 Å². The standard InChI is InChI=1S/C4H7NO4/c5-9-3(1-2-6)4(7)8/h3,6H,1-2H2,(H,7,8). The highest BCUT2D eigenvalue weighted by Crippen LogP contribution is 1.93. The van der Waals surface area contributed by atoms with E-state index in [2.05, 4.69) is 4.84 Å². The molecule has 1 atom stereocenters. The SMILES string of the molecule is [N]OC(CCO)C(=O)O. The molecular weight excluding hydrogens is 126 g/mol. The number of rotatable bonds is 4. The molecule has 1 unspecified atom stereocenters. The van der Waals surface area contributed by atoms with Gasteiger partial charge in [0, 0.05) is 18.9 Å². The number of carbonyl (C=O) groups is 1. The molecular formula is C4H7NO4. The van der Waals surface area contributed by atoms with Crippen molar-refractivity contribution < 1.29 is 19.8 Å². The van der Waals surface area contributed by atoms with Crippen molar-refractivity contribution in [3.8, 4) is 0 Å². The van der Waals surface area contributed by atoms with Crippen LogP contribution in [0.15, 0.2) is 0 Å². The highest BCUT2D eigenvalue weighted by atomic mass is 16.6. The molecule has 0 heterocycles. The predicted molar refractivity (Wildman–Crippen MR) is 26.3 cm³/mol. The molecule has 0 aromatic carbocycles. The Balaban J connectivity index is 3.54. The molecule has 0 aromatic heterocycles. The molecule has 9 heavy (non-hydrogen) atoms. The minimum absolute atomic E-state index is 0.105. The summed E-state index contributed by atoms with van der Waals surface area (Å²) in [6, 6.07) is 0. The van der Waals surface area contributed by atoms with Crippen molar-refractivity contribution >= 4 is 5.97 Å². The number of nitrogens with zero attached hydrogens (tertiary/aromatic N) is 1. The van der Waals surface area contributed by atoms with Gasteiger partial charge in [-0.05, 0) is 0 Å². The van der Waals surface area contributed by atoms with Crippen LogP contribution in [0.3, 0.4) is 0 Å². The van der Waals surface area contributed by atoms with Gasteiger partial charge in [-0.2, -0.15) is 0 Å². The van der Waals surface area contributed by atoms with E-state index in [9.17, 15) is 4.79 Å². The van der Waals surface area contributed by atoms with E-state index in [4.69, 9.17) is 16.1 Å². The molecule has 0 saturated carbocycles. The lowest BCUT2D eigenvalue weighted by Gasteiger charge is -2.03. The second-order valence-corrected chi connectivity index (χ2v) is 1.44. The highest BCUT2D eigenvalue weighted by molar-refractivity contribution is 5.72. The highest BCUT2D eigenvalue weighted by Gasteiger charge is 2.16. The summed E-state index contributed by atoms with van der Waals surface area (Å²) in [6.07, 6.45) is -1.42. The van der Waals surface area contributed by atoms with Crippen LogP contribution >= 0.6 is 0 Å². The third-order valence-corrected chi connectivity index (χ3v) is 0.794. The first-order valence-corrected chi connectivity index (χ1v) is 2.36. The summed E-state index contributed by atoms with van der Waals surface area (Å²) in [4.78, 5) is 13.4. The third-order valence-electron chi connectivity index (χ3n) is 0.794. The number of aliphatic carboxylic acids is 1. The largest absolute Gasteiger partial charge is 0.479 e. The normalized spacial score (nSPS) is 13.1. The van der Waals surface area contributed by atoms with Crippen molar-refractivity contribution in [2.24, 2.45) is 0 Å². The van der Waals surface area contributed by atoms with Crippen molar-refractivity contribution in [1.82, 2.24) is 5.90 Å². The van der Waals surface area contributed by atoms with Gasteiger partial charge in [0.1, 0.15) is 0 Å². The fraction of sp³-hybridized carbons (Fsp3) is 0.750. The van der Waals surface area contributed by atoms with E-state index in [1.54, 1.807) is 0 Å². The molecule has 0 aromatic rings. The summed E-state index contributed by atoms with van der Waals surface area (Å²) >= 11 is 0. The maximum absolute atomic E-state index is 9.92. The van der Waals surface area contributed by atoms with Crippen LogP contribution in [0.4, 0.5) is 0 Å². The zero-order valence-corrected chi connectivity index (χ0v) is 4.65. The summed E-state index contributed by atoms with van der Waals surface area (Å²) in [7, 11) is 0. The lowest BCUT2D eigenvalue weighted by Crippen LogP contribution is -2.24. The zero-order chi connectivity index (χ0) is 7.28. The summed E-state index contributed by atoms with van der Waals surface area (Å²) in [5.41, 5.74) is 0. The molecule has 2 N–H and O–H groups in total. The van der Waals surface area contributed by atoms with E-state index >= 15 is 0 Å². The first-order valence-electron chi connectivity index (χ1n) is 2.36. The van der Waals surface area contributed by atoms with E-state index in [0.29, 0.717) is 0 Å². The molecule has 0 aliphatic carbocycles. The molecule has 5 nitrogen and oxygen atoms in total. The average molecular weight is 133 g/mol. The fourth-order valence-corrected chi connectivity index (χ4v) is 0.339. The first-order chi connectivity index (χ1) is 4.22. The third kappa shape index (κ3) is 3.02. The maximum atomic E-state index is 9.92. The van der Waals surface area contributed by atoms with Gasteiger partial charge < -0.3 is 10.2 Å². The maximum Gasteiger partial charge on any atom is 0.335 e. The number of hydrogen-bond donors (Lipinski definition) is 2. The minimum Gasteiger partial charge on any atom is -0.479 e. The van der Waals surface area contributed by atoms with E-state index in [1.807, 2.05) is 0 Å². The molecule has 52 valence electrons. The molecule has 5 heteroatoms. The summed E-state index contributed by atoms with van der Waals surface area (Å²) in [6.45, 7) is -0.322. The van der Waals surface area contributed by atoms with Crippen LogP contribution in [0.5, 0.6) is 0 Å². The molecule has 2 radical (unpaired) electrons. The zero-order valence-electron chi connectivity index (χ0n) is 4.65. The summed E-state index contributed by atoms with van der Waals surface area (Å²) < 4.78 is 0. The van der Waals surface area contributed by atoms with E-state index in [0.717, 1.165) is 0 Å². The Labute approximate surface area is 52.0 Å². The van der Waals surface area contributed by atoms with Crippen LogP contribution in [-0.4, -0.2) is 28.9 Å². The Bertz CT molecular complexity index is 94.6. The average Bonchev–Trinajstić information content (AvgIpc) is 1.82. The number of aliphatic hydroxyl groups excluding tert-OH is 1. The molecule has 0 aliphatic rings. The molecule has 0 saturated heterocycles. The van der Waals surface area contributed by atoms with Gasteiger partial charge in [-0.3, -0.25) is 0 Å². The molecule has 0 bridgehead atoms. The van der Waals surface area contributed by atoms with Crippen molar-refractivity contribution in [2.45, 2.75) is 12.5 Å². The minimum atomic E-state index is -1.31. The van der Waals surface area contributed by atoms with Gasteiger partial charge in [-0.15, -0.1) is 0 Å². The predicted octanol–water partition coefficient (Wildman–Crippen LogP) is -1.18. The Morgan fingerprint density at radius 3 is 2.44 bits per heavy atom. The Hall–Kier alpha value is -0.650. The number of carboxylic acid groups (broad SMARTS) is 1. The molecule has 0 rings (SSSR count). The smallest absolute Gasteiger partial charge is 0.335 e. The fourth-order valence-electron chi connectivity index (χ4n) is 0.339. The van der Waals surface area contributed by atoms with Crippen molar-refractivity contribution in [3.63, 3.8) is 0 Å². The monoisotopic (exact) mass is 133 g/mol. The number of carboxylic acids is 1. The Morgan fingerprint density at radius 1 is 1.78 bits per heavy atom.